The molecule has 1 amide bonds. The second-order valence-corrected chi connectivity index (χ2v) is 5.55. The van der Waals surface area contributed by atoms with Gasteiger partial charge in [-0.2, -0.15) is 0 Å². The van der Waals surface area contributed by atoms with Gasteiger partial charge in [-0.25, -0.2) is 13.8 Å². The number of rotatable bonds is 5. The molecule has 122 valence electrons. The molecule has 0 bridgehead atoms. The van der Waals surface area contributed by atoms with Gasteiger partial charge in [-0.3, -0.25) is 4.79 Å². The number of nitrogens with two attached hydrogens (primary N) is 1. The van der Waals surface area contributed by atoms with Crippen LogP contribution in [-0.4, -0.2) is 43.0 Å². The lowest BCUT2D eigenvalue weighted by Crippen LogP contribution is -2.41. The van der Waals surface area contributed by atoms with E-state index in [1.807, 2.05) is 0 Å². The average molecular weight is 312 g/mol. The molecule has 0 aromatic carbocycles. The highest BCUT2D eigenvalue weighted by molar-refractivity contribution is 5.94. The molecule has 1 aromatic rings. The monoisotopic (exact) mass is 312 g/mol. The molecule has 1 aliphatic rings. The molecule has 0 atom stereocenters. The minimum Gasteiger partial charge on any atom is -0.357 e. The minimum atomic E-state index is -3.09. The highest BCUT2D eigenvalue weighted by Gasteiger charge is 2.27. The Morgan fingerprint density at radius 1 is 1.27 bits per heavy atom. The summed E-state index contributed by atoms with van der Waals surface area (Å²) in [7, 11) is 0. The number of carbonyl (C=O) groups is 1. The van der Waals surface area contributed by atoms with Gasteiger partial charge in [0.2, 0.25) is 0 Å². The maximum Gasteiger partial charge on any atom is 0.277 e. The number of halogens is 2. The summed E-state index contributed by atoms with van der Waals surface area (Å²) < 4.78 is 26.0. The van der Waals surface area contributed by atoms with Crippen molar-refractivity contribution in [2.45, 2.75) is 31.6 Å². The molecule has 0 saturated carbocycles. The molecule has 1 aliphatic heterocycles. The van der Waals surface area contributed by atoms with E-state index >= 15 is 0 Å². The Morgan fingerprint density at radius 3 is 2.50 bits per heavy atom. The normalized spacial score (nSPS) is 16.2. The predicted molar refractivity (Wildman–Crippen MR) is 81.3 cm³/mol. The Labute approximate surface area is 128 Å². The van der Waals surface area contributed by atoms with E-state index in [0.717, 1.165) is 31.7 Å². The number of pyridine rings is 1. The molecule has 0 radical (unpaired) electrons. The Kier molecular flexibility index (Phi) is 5.65. The first-order valence-electron chi connectivity index (χ1n) is 7.59. The number of alkyl halides is 2. The van der Waals surface area contributed by atoms with Crippen LogP contribution in [0.4, 0.5) is 14.6 Å². The van der Waals surface area contributed by atoms with E-state index in [-0.39, 0.29) is 5.56 Å². The van der Waals surface area contributed by atoms with Crippen LogP contribution in [0.2, 0.25) is 0 Å². The largest absolute Gasteiger partial charge is 0.357 e. The zero-order valence-electron chi connectivity index (χ0n) is 12.5. The summed E-state index contributed by atoms with van der Waals surface area (Å²) in [6.45, 7) is 0.359. The summed E-state index contributed by atoms with van der Waals surface area (Å²) in [5.41, 5.74) is 5.20. The molecule has 1 aromatic heterocycles. The van der Waals surface area contributed by atoms with Gasteiger partial charge in [-0.15, -0.1) is 0 Å². The zero-order valence-corrected chi connectivity index (χ0v) is 12.5. The third kappa shape index (κ3) is 4.62. The molecule has 2 heterocycles. The molecule has 1 saturated heterocycles. The van der Waals surface area contributed by atoms with Crippen LogP contribution in [-0.2, 0) is 0 Å². The summed E-state index contributed by atoms with van der Waals surface area (Å²) in [6.07, 6.45) is 6.16. The smallest absolute Gasteiger partial charge is 0.277 e. The molecular weight excluding hydrogens is 290 g/mol. The first-order valence-corrected chi connectivity index (χ1v) is 7.59. The van der Waals surface area contributed by atoms with Crippen molar-refractivity contribution in [1.82, 2.24) is 10.3 Å². The van der Waals surface area contributed by atoms with Gasteiger partial charge in [-0.1, -0.05) is 12.8 Å². The minimum absolute atomic E-state index is 0.270. The lowest BCUT2D eigenvalue weighted by atomic mass is 10.2. The van der Waals surface area contributed by atoms with Crippen LogP contribution in [0.1, 0.15) is 36.0 Å². The van der Waals surface area contributed by atoms with Crippen LogP contribution in [0.5, 0.6) is 0 Å². The fourth-order valence-corrected chi connectivity index (χ4v) is 2.39. The van der Waals surface area contributed by atoms with Crippen molar-refractivity contribution in [2.75, 3.05) is 31.1 Å². The fourth-order valence-electron chi connectivity index (χ4n) is 2.39. The van der Waals surface area contributed by atoms with Gasteiger partial charge in [0.15, 0.2) is 0 Å². The summed E-state index contributed by atoms with van der Waals surface area (Å²) >= 11 is 0. The number of nitrogens with one attached hydrogen (secondary N) is 1. The second-order valence-electron chi connectivity index (χ2n) is 5.55. The second kappa shape index (κ2) is 7.49. The molecule has 0 unspecified atom stereocenters. The van der Waals surface area contributed by atoms with Crippen molar-refractivity contribution < 1.29 is 13.6 Å². The third-order valence-corrected chi connectivity index (χ3v) is 3.75. The third-order valence-electron chi connectivity index (χ3n) is 3.75. The van der Waals surface area contributed by atoms with Crippen molar-refractivity contribution in [3.63, 3.8) is 0 Å². The summed E-state index contributed by atoms with van der Waals surface area (Å²) in [6, 6.07) is 3.38. The van der Waals surface area contributed by atoms with Crippen molar-refractivity contribution in [1.29, 1.82) is 0 Å². The number of aromatic nitrogens is 1. The first kappa shape index (κ1) is 16.6. The van der Waals surface area contributed by atoms with E-state index in [0.29, 0.717) is 0 Å². The van der Waals surface area contributed by atoms with Gasteiger partial charge in [0.05, 0.1) is 18.7 Å². The Hall–Kier alpha value is -1.76. The van der Waals surface area contributed by atoms with Crippen LogP contribution in [0.15, 0.2) is 18.3 Å². The van der Waals surface area contributed by atoms with Crippen LogP contribution in [0.25, 0.3) is 0 Å². The number of anilines is 1. The predicted octanol–water partition coefficient (Wildman–Crippen LogP) is 1.79. The van der Waals surface area contributed by atoms with Gasteiger partial charge in [0.25, 0.3) is 11.8 Å². The number of hydrogen-bond acceptors (Lipinski definition) is 4. The maximum absolute atomic E-state index is 13.0. The number of amides is 1. The van der Waals surface area contributed by atoms with Gasteiger partial charge in [0.1, 0.15) is 5.82 Å². The molecule has 0 spiro atoms. The van der Waals surface area contributed by atoms with Crippen molar-refractivity contribution in [2.24, 2.45) is 5.73 Å². The number of hydrogen-bond donors (Lipinski definition) is 2. The highest BCUT2D eigenvalue weighted by Crippen LogP contribution is 2.17. The molecule has 1 fully saturated rings. The van der Waals surface area contributed by atoms with E-state index in [2.05, 4.69) is 15.2 Å². The topological polar surface area (TPSA) is 71.2 Å². The van der Waals surface area contributed by atoms with Crippen molar-refractivity contribution in [3.05, 3.63) is 23.9 Å². The van der Waals surface area contributed by atoms with Gasteiger partial charge in [-0.05, 0) is 25.0 Å². The first-order chi connectivity index (χ1) is 10.5. The summed E-state index contributed by atoms with van der Waals surface area (Å²) in [5.74, 6) is -2.83. The summed E-state index contributed by atoms with van der Waals surface area (Å²) in [4.78, 5) is 18.3. The molecular formula is C15H22F2N4O. The van der Waals surface area contributed by atoms with Gasteiger partial charge < -0.3 is 16.0 Å². The average Bonchev–Trinajstić information content (AvgIpc) is 2.82. The molecule has 22 heavy (non-hydrogen) atoms. The number of nitrogens with zero attached hydrogens (tertiary/aromatic N) is 2. The Morgan fingerprint density at radius 2 is 1.95 bits per heavy atom. The molecule has 2 rings (SSSR count). The van der Waals surface area contributed by atoms with Crippen LogP contribution in [0.3, 0.4) is 0 Å². The quantitative estimate of drug-likeness (QED) is 0.869. The van der Waals surface area contributed by atoms with E-state index in [9.17, 15) is 13.6 Å². The number of carbonyl (C=O) groups excluding carboxylic acids is 1. The maximum atomic E-state index is 13.0. The van der Waals surface area contributed by atoms with Gasteiger partial charge >= 0.3 is 0 Å². The molecule has 0 aliphatic carbocycles. The fraction of sp³-hybridized carbons (Fsp3) is 0.600. The molecule has 3 N–H and O–H groups in total. The SMILES string of the molecule is NCC(F)(F)CNC(=O)c1ccc(N2CCCCCC2)nc1. The van der Waals surface area contributed by atoms with Crippen LogP contribution < -0.4 is 16.0 Å². The van der Waals surface area contributed by atoms with E-state index in [1.165, 1.54) is 19.0 Å². The highest BCUT2D eigenvalue weighted by atomic mass is 19.3. The summed E-state index contributed by atoms with van der Waals surface area (Å²) in [5, 5.41) is 2.18. The van der Waals surface area contributed by atoms with Crippen molar-refractivity contribution in [3.8, 4) is 0 Å². The lowest BCUT2D eigenvalue weighted by molar-refractivity contribution is 0.0118. The Balaban J connectivity index is 1.94. The van der Waals surface area contributed by atoms with E-state index in [4.69, 9.17) is 5.73 Å². The van der Waals surface area contributed by atoms with E-state index < -0.39 is 24.9 Å². The zero-order chi connectivity index (χ0) is 16.0. The van der Waals surface area contributed by atoms with Crippen molar-refractivity contribution >= 4 is 11.7 Å². The molecule has 7 heteroatoms. The standard InChI is InChI=1S/C15H22F2N4O/c16-15(17,10-18)11-20-14(22)12-5-6-13(19-9-12)21-7-3-1-2-4-8-21/h5-6,9H,1-4,7-8,10-11,18H2,(H,20,22). The van der Waals surface area contributed by atoms with Crippen LogP contribution in [0, 0.1) is 0 Å². The molecule has 5 nitrogen and oxygen atoms in total. The van der Waals surface area contributed by atoms with E-state index in [1.54, 1.807) is 12.1 Å². The Bertz CT molecular complexity index is 485. The van der Waals surface area contributed by atoms with Crippen LogP contribution >= 0.6 is 0 Å². The lowest BCUT2D eigenvalue weighted by Gasteiger charge is -2.21. The van der Waals surface area contributed by atoms with Gasteiger partial charge in [0, 0.05) is 19.3 Å².